The van der Waals surface area contributed by atoms with Crippen LogP contribution in [0.3, 0.4) is 0 Å². The van der Waals surface area contributed by atoms with Gasteiger partial charge in [0.05, 0.1) is 26.4 Å². The van der Waals surface area contributed by atoms with Crippen molar-refractivity contribution in [1.29, 1.82) is 0 Å². The normalized spacial score (nSPS) is 22.2. The molecule has 0 saturated carbocycles. The van der Waals surface area contributed by atoms with Gasteiger partial charge in [-0.05, 0) is 68.4 Å². The van der Waals surface area contributed by atoms with E-state index >= 15 is 0 Å². The molecule has 1 saturated heterocycles. The summed E-state index contributed by atoms with van der Waals surface area (Å²) >= 11 is 0. The SMILES string of the molecule is COc1ccc2c(c1OC)C[C@H](C1CCN(CCCc3ccccc3)CC1)O[C@@H]2CN. The van der Waals surface area contributed by atoms with E-state index in [4.69, 9.17) is 19.9 Å². The average Bonchev–Trinajstić information content (AvgIpc) is 2.83. The van der Waals surface area contributed by atoms with Gasteiger partial charge in [-0.1, -0.05) is 36.4 Å². The van der Waals surface area contributed by atoms with Gasteiger partial charge in [-0.2, -0.15) is 0 Å². The van der Waals surface area contributed by atoms with Crippen LogP contribution < -0.4 is 15.2 Å². The minimum atomic E-state index is -0.0718. The number of methoxy groups -OCH3 is 2. The zero-order valence-corrected chi connectivity index (χ0v) is 18.9. The van der Waals surface area contributed by atoms with Crippen LogP contribution in [0, 0.1) is 5.92 Å². The summed E-state index contributed by atoms with van der Waals surface area (Å²) in [5.41, 5.74) is 9.88. The zero-order chi connectivity index (χ0) is 21.6. The van der Waals surface area contributed by atoms with Crippen molar-refractivity contribution in [2.24, 2.45) is 11.7 Å². The van der Waals surface area contributed by atoms with Gasteiger partial charge in [0.2, 0.25) is 0 Å². The van der Waals surface area contributed by atoms with Gasteiger partial charge in [0.15, 0.2) is 11.5 Å². The number of hydrogen-bond acceptors (Lipinski definition) is 5. The van der Waals surface area contributed by atoms with Crippen LogP contribution in [-0.4, -0.2) is 51.4 Å². The van der Waals surface area contributed by atoms with Gasteiger partial charge in [0.1, 0.15) is 0 Å². The summed E-state index contributed by atoms with van der Waals surface area (Å²) < 4.78 is 17.8. The molecule has 0 unspecified atom stereocenters. The molecule has 2 heterocycles. The number of rotatable bonds is 8. The second kappa shape index (κ2) is 10.5. The molecule has 0 bridgehead atoms. The van der Waals surface area contributed by atoms with Crippen LogP contribution in [0.5, 0.6) is 11.5 Å². The lowest BCUT2D eigenvalue weighted by Crippen LogP contribution is -2.42. The second-order valence-electron chi connectivity index (χ2n) is 8.74. The van der Waals surface area contributed by atoms with Crippen molar-refractivity contribution >= 4 is 0 Å². The van der Waals surface area contributed by atoms with Crippen molar-refractivity contribution in [2.45, 2.75) is 44.3 Å². The molecule has 31 heavy (non-hydrogen) atoms. The Balaban J connectivity index is 1.35. The third kappa shape index (κ3) is 5.05. The highest BCUT2D eigenvalue weighted by molar-refractivity contribution is 5.52. The van der Waals surface area contributed by atoms with E-state index in [1.165, 1.54) is 36.9 Å². The molecular weight excluding hydrogens is 388 g/mol. The van der Waals surface area contributed by atoms with Gasteiger partial charge in [-0.3, -0.25) is 0 Å². The third-order valence-corrected chi connectivity index (χ3v) is 6.93. The van der Waals surface area contributed by atoms with Gasteiger partial charge >= 0.3 is 0 Å². The Kier molecular flexibility index (Phi) is 7.49. The number of likely N-dealkylation sites (tertiary alicyclic amines) is 1. The van der Waals surface area contributed by atoms with Crippen LogP contribution in [0.25, 0.3) is 0 Å². The molecule has 0 amide bonds. The number of aryl methyl sites for hydroxylation is 1. The Morgan fingerprint density at radius 2 is 1.81 bits per heavy atom. The number of benzene rings is 2. The number of hydrogen-bond donors (Lipinski definition) is 1. The topological polar surface area (TPSA) is 57.0 Å². The van der Waals surface area contributed by atoms with Crippen LogP contribution in [-0.2, 0) is 17.6 Å². The fourth-order valence-corrected chi connectivity index (χ4v) is 5.21. The predicted molar refractivity (Wildman–Crippen MR) is 124 cm³/mol. The van der Waals surface area contributed by atoms with E-state index < -0.39 is 0 Å². The van der Waals surface area contributed by atoms with E-state index in [2.05, 4.69) is 41.3 Å². The molecule has 2 N–H and O–H groups in total. The number of nitrogens with zero attached hydrogens (tertiary/aromatic N) is 1. The summed E-state index contributed by atoms with van der Waals surface area (Å²) in [7, 11) is 3.41. The van der Waals surface area contributed by atoms with Crippen molar-refractivity contribution in [3.05, 3.63) is 59.2 Å². The van der Waals surface area contributed by atoms with Crippen molar-refractivity contribution in [1.82, 2.24) is 4.90 Å². The van der Waals surface area contributed by atoms with E-state index in [1.807, 2.05) is 6.07 Å². The summed E-state index contributed by atoms with van der Waals surface area (Å²) in [5.74, 6) is 2.18. The van der Waals surface area contributed by atoms with Crippen molar-refractivity contribution in [2.75, 3.05) is 40.4 Å². The van der Waals surface area contributed by atoms with E-state index in [0.717, 1.165) is 43.0 Å². The van der Waals surface area contributed by atoms with Crippen LogP contribution >= 0.6 is 0 Å². The smallest absolute Gasteiger partial charge is 0.164 e. The van der Waals surface area contributed by atoms with Gasteiger partial charge in [-0.25, -0.2) is 0 Å². The molecule has 2 atom stereocenters. The molecular formula is C26H36N2O3. The Morgan fingerprint density at radius 3 is 2.48 bits per heavy atom. The molecule has 2 aromatic carbocycles. The van der Waals surface area contributed by atoms with Crippen molar-refractivity contribution in [3.8, 4) is 11.5 Å². The molecule has 0 aromatic heterocycles. The summed E-state index contributed by atoms with van der Waals surface area (Å²) in [4.78, 5) is 2.61. The molecule has 4 rings (SSSR count). The fraction of sp³-hybridized carbons (Fsp3) is 0.538. The first-order valence-corrected chi connectivity index (χ1v) is 11.6. The number of ether oxygens (including phenoxy) is 3. The molecule has 0 spiro atoms. The van der Waals surface area contributed by atoms with Crippen LogP contribution in [0.15, 0.2) is 42.5 Å². The lowest BCUT2D eigenvalue weighted by molar-refractivity contribution is -0.0647. The Morgan fingerprint density at radius 1 is 1.03 bits per heavy atom. The largest absolute Gasteiger partial charge is 0.493 e. The number of piperidine rings is 1. The van der Waals surface area contributed by atoms with E-state index in [9.17, 15) is 0 Å². The maximum atomic E-state index is 6.51. The highest BCUT2D eigenvalue weighted by atomic mass is 16.5. The summed E-state index contributed by atoms with van der Waals surface area (Å²) in [6, 6.07) is 14.8. The maximum absolute atomic E-state index is 6.51. The molecule has 2 aliphatic rings. The monoisotopic (exact) mass is 424 g/mol. The lowest BCUT2D eigenvalue weighted by Gasteiger charge is -2.40. The molecule has 2 aliphatic heterocycles. The molecule has 0 radical (unpaired) electrons. The predicted octanol–water partition coefficient (Wildman–Crippen LogP) is 3.99. The Bertz CT molecular complexity index is 834. The standard InChI is InChI=1S/C26H36N2O3/c1-29-23-11-10-21-22(26(23)30-2)17-24(31-25(21)18-27)20-12-15-28(16-13-20)14-6-9-19-7-4-3-5-8-19/h3-5,7-8,10-11,20,24-25H,6,9,12-18,27H2,1-2H3/t24-,25-/m1/s1. The molecule has 1 fully saturated rings. The van der Waals surface area contributed by atoms with Crippen LogP contribution in [0.1, 0.15) is 42.1 Å². The fourth-order valence-electron chi connectivity index (χ4n) is 5.21. The minimum Gasteiger partial charge on any atom is -0.493 e. The summed E-state index contributed by atoms with van der Waals surface area (Å²) in [6.07, 6.45) is 5.71. The van der Waals surface area contributed by atoms with Crippen LogP contribution in [0.2, 0.25) is 0 Å². The average molecular weight is 425 g/mol. The summed E-state index contributed by atoms with van der Waals surface area (Å²) in [6.45, 7) is 3.95. The number of fused-ring (bicyclic) bond motifs is 1. The molecule has 5 heteroatoms. The third-order valence-electron chi connectivity index (χ3n) is 6.93. The van der Waals surface area contributed by atoms with Gasteiger partial charge in [0.25, 0.3) is 0 Å². The van der Waals surface area contributed by atoms with Gasteiger partial charge < -0.3 is 24.8 Å². The maximum Gasteiger partial charge on any atom is 0.164 e. The molecule has 2 aromatic rings. The molecule has 168 valence electrons. The van der Waals surface area contributed by atoms with Crippen molar-refractivity contribution in [3.63, 3.8) is 0 Å². The van der Waals surface area contributed by atoms with Crippen molar-refractivity contribution < 1.29 is 14.2 Å². The van der Waals surface area contributed by atoms with E-state index in [-0.39, 0.29) is 12.2 Å². The van der Waals surface area contributed by atoms with Crippen LogP contribution in [0.4, 0.5) is 0 Å². The Hall–Kier alpha value is -2.08. The lowest BCUT2D eigenvalue weighted by atomic mass is 9.83. The molecule has 0 aliphatic carbocycles. The van der Waals surface area contributed by atoms with Gasteiger partial charge in [-0.15, -0.1) is 0 Å². The zero-order valence-electron chi connectivity index (χ0n) is 18.9. The van der Waals surface area contributed by atoms with E-state index in [1.54, 1.807) is 14.2 Å². The van der Waals surface area contributed by atoms with E-state index in [0.29, 0.717) is 12.5 Å². The minimum absolute atomic E-state index is 0.0718. The number of nitrogens with two attached hydrogens (primary N) is 1. The molecule has 5 nitrogen and oxygen atoms in total. The van der Waals surface area contributed by atoms with Gasteiger partial charge in [0, 0.05) is 18.5 Å². The highest BCUT2D eigenvalue weighted by Gasteiger charge is 2.36. The summed E-state index contributed by atoms with van der Waals surface area (Å²) in [5, 5.41) is 0. The Labute approximate surface area is 186 Å². The first-order valence-electron chi connectivity index (χ1n) is 11.6. The first kappa shape index (κ1) is 22.1. The quantitative estimate of drug-likeness (QED) is 0.694. The first-order chi connectivity index (χ1) is 15.2. The highest BCUT2D eigenvalue weighted by Crippen LogP contribution is 2.43. The second-order valence-corrected chi connectivity index (χ2v) is 8.74.